The van der Waals surface area contributed by atoms with Crippen LogP contribution in [0.4, 0.5) is 0 Å². The molecular weight excluding hydrogens is 368 g/mol. The van der Waals surface area contributed by atoms with Gasteiger partial charge in [0.1, 0.15) is 5.60 Å². The van der Waals surface area contributed by atoms with Crippen molar-refractivity contribution in [3.63, 3.8) is 0 Å². The summed E-state index contributed by atoms with van der Waals surface area (Å²) in [6.45, 7) is 5.70. The zero-order valence-electron chi connectivity index (χ0n) is 19.6. The Bertz CT molecular complexity index is 519. The number of aliphatic hydroxyl groups excluding tert-OH is 1. The Morgan fingerprint density at radius 2 is 1.87 bits per heavy atom. The SMILES string of the molecule is C=CC(O)(CO)CCCCCC[C@H]1CC=C[C@@H]1C=CC[C@H](CCCCCC)C1CC1. The van der Waals surface area contributed by atoms with Crippen molar-refractivity contribution >= 4 is 0 Å². The van der Waals surface area contributed by atoms with Gasteiger partial charge < -0.3 is 10.2 Å². The van der Waals surface area contributed by atoms with Crippen molar-refractivity contribution in [1.29, 1.82) is 0 Å². The van der Waals surface area contributed by atoms with E-state index in [4.69, 9.17) is 0 Å². The van der Waals surface area contributed by atoms with Crippen LogP contribution in [0, 0.1) is 23.7 Å². The van der Waals surface area contributed by atoms with E-state index in [1.54, 1.807) is 0 Å². The van der Waals surface area contributed by atoms with Gasteiger partial charge in [-0.25, -0.2) is 0 Å². The maximum Gasteiger partial charge on any atom is 0.105 e. The number of unbranched alkanes of at least 4 members (excludes halogenated alkanes) is 6. The highest BCUT2D eigenvalue weighted by atomic mass is 16.3. The van der Waals surface area contributed by atoms with Crippen LogP contribution in [0.1, 0.15) is 103 Å². The Balaban J connectivity index is 1.61. The van der Waals surface area contributed by atoms with Crippen LogP contribution in [0.3, 0.4) is 0 Å². The highest BCUT2D eigenvalue weighted by Crippen LogP contribution is 2.41. The lowest BCUT2D eigenvalue weighted by Gasteiger charge is -2.21. The van der Waals surface area contributed by atoms with Gasteiger partial charge in [-0.05, 0) is 68.6 Å². The Kier molecular flexibility index (Phi) is 12.1. The fourth-order valence-electron chi connectivity index (χ4n) is 5.05. The van der Waals surface area contributed by atoms with Crippen LogP contribution < -0.4 is 0 Å². The summed E-state index contributed by atoms with van der Waals surface area (Å²) in [6, 6.07) is 0. The van der Waals surface area contributed by atoms with Gasteiger partial charge in [0.2, 0.25) is 0 Å². The van der Waals surface area contributed by atoms with Gasteiger partial charge in [0.25, 0.3) is 0 Å². The molecular formula is C28H48O2. The first-order chi connectivity index (χ1) is 14.6. The first-order valence-corrected chi connectivity index (χ1v) is 12.9. The molecule has 2 rings (SSSR count). The van der Waals surface area contributed by atoms with Crippen LogP contribution in [0.2, 0.25) is 0 Å². The molecule has 172 valence electrons. The van der Waals surface area contributed by atoms with Crippen LogP contribution in [0.15, 0.2) is 37.0 Å². The monoisotopic (exact) mass is 416 g/mol. The zero-order valence-corrected chi connectivity index (χ0v) is 19.6. The minimum Gasteiger partial charge on any atom is -0.393 e. The molecule has 2 aliphatic rings. The van der Waals surface area contributed by atoms with E-state index < -0.39 is 5.60 Å². The molecule has 0 heterocycles. The predicted octanol–water partition coefficient (Wildman–Crippen LogP) is 7.37. The van der Waals surface area contributed by atoms with Gasteiger partial charge in [-0.3, -0.25) is 0 Å². The topological polar surface area (TPSA) is 40.5 Å². The highest BCUT2D eigenvalue weighted by molar-refractivity contribution is 5.10. The standard InChI is InChI=1S/C28H48O2/c1-3-5-6-9-14-25(27-20-21-27)17-13-19-26-18-12-16-24(26)15-10-7-8-11-22-28(30,4-2)23-29/h4,12-13,18-19,24-27,29-30H,2-3,5-11,14-17,20-23H2,1H3/t24-,25-,26+,28?/m0/s1. The molecule has 0 saturated heterocycles. The third-order valence-corrected chi connectivity index (χ3v) is 7.44. The van der Waals surface area contributed by atoms with Crippen LogP contribution in [0.25, 0.3) is 0 Å². The summed E-state index contributed by atoms with van der Waals surface area (Å²) < 4.78 is 0. The molecule has 1 unspecified atom stereocenters. The van der Waals surface area contributed by atoms with E-state index in [1.165, 1.54) is 83.1 Å². The summed E-state index contributed by atoms with van der Waals surface area (Å²) in [5, 5.41) is 19.3. The van der Waals surface area contributed by atoms with Crippen molar-refractivity contribution in [3.8, 4) is 0 Å². The summed E-state index contributed by atoms with van der Waals surface area (Å²) in [5.74, 6) is 3.39. The molecule has 2 nitrogen and oxygen atoms in total. The second kappa shape index (κ2) is 14.2. The average molecular weight is 417 g/mol. The molecule has 2 N–H and O–H groups in total. The van der Waals surface area contributed by atoms with E-state index in [-0.39, 0.29) is 6.61 Å². The lowest BCUT2D eigenvalue weighted by Crippen LogP contribution is -2.30. The quantitative estimate of drug-likeness (QED) is 0.181. The van der Waals surface area contributed by atoms with Gasteiger partial charge >= 0.3 is 0 Å². The molecule has 0 aromatic rings. The molecule has 0 aromatic heterocycles. The van der Waals surface area contributed by atoms with Crippen LogP contribution in [-0.2, 0) is 0 Å². The Labute approximate surface area is 186 Å². The first kappa shape index (κ1) is 25.4. The Hall–Kier alpha value is -0.860. The van der Waals surface area contributed by atoms with E-state index in [0.29, 0.717) is 12.3 Å². The molecule has 1 fully saturated rings. The lowest BCUT2D eigenvalue weighted by molar-refractivity contribution is 0.0186. The molecule has 0 aromatic carbocycles. The minimum absolute atomic E-state index is 0.224. The molecule has 0 aliphatic heterocycles. The van der Waals surface area contributed by atoms with Crippen molar-refractivity contribution in [2.75, 3.05) is 6.61 Å². The van der Waals surface area contributed by atoms with Crippen molar-refractivity contribution < 1.29 is 10.2 Å². The largest absolute Gasteiger partial charge is 0.393 e. The Morgan fingerprint density at radius 3 is 2.57 bits per heavy atom. The maximum absolute atomic E-state index is 10.0. The van der Waals surface area contributed by atoms with Crippen LogP contribution in [0.5, 0.6) is 0 Å². The smallest absolute Gasteiger partial charge is 0.105 e. The second-order valence-electron chi connectivity index (χ2n) is 10.0. The number of aliphatic hydroxyl groups is 2. The molecule has 2 aliphatic carbocycles. The lowest BCUT2D eigenvalue weighted by atomic mass is 9.88. The van der Waals surface area contributed by atoms with Gasteiger partial charge in [-0.2, -0.15) is 0 Å². The third kappa shape index (κ3) is 9.52. The van der Waals surface area contributed by atoms with Gasteiger partial charge in [0.15, 0.2) is 0 Å². The molecule has 0 spiro atoms. The predicted molar refractivity (Wildman–Crippen MR) is 129 cm³/mol. The van der Waals surface area contributed by atoms with Gasteiger partial charge in [-0.15, -0.1) is 6.58 Å². The normalized spacial score (nSPS) is 24.4. The number of hydrogen-bond donors (Lipinski definition) is 2. The van der Waals surface area contributed by atoms with Crippen molar-refractivity contribution in [2.45, 2.75) is 109 Å². The van der Waals surface area contributed by atoms with E-state index in [2.05, 4.69) is 37.8 Å². The zero-order chi connectivity index (χ0) is 21.7. The fraction of sp³-hybridized carbons (Fsp3) is 0.786. The number of rotatable bonds is 18. The highest BCUT2D eigenvalue weighted by Gasteiger charge is 2.30. The molecule has 30 heavy (non-hydrogen) atoms. The van der Waals surface area contributed by atoms with Gasteiger partial charge in [0.05, 0.1) is 6.61 Å². The third-order valence-electron chi connectivity index (χ3n) is 7.44. The summed E-state index contributed by atoms with van der Waals surface area (Å²) >= 11 is 0. The molecule has 0 amide bonds. The Morgan fingerprint density at radius 1 is 1.10 bits per heavy atom. The van der Waals surface area contributed by atoms with Crippen molar-refractivity contribution in [1.82, 2.24) is 0 Å². The average Bonchev–Trinajstić information content (AvgIpc) is 3.51. The van der Waals surface area contributed by atoms with Crippen LogP contribution in [-0.4, -0.2) is 22.4 Å². The molecule has 4 atom stereocenters. The molecule has 0 bridgehead atoms. The van der Waals surface area contributed by atoms with Crippen molar-refractivity contribution in [2.24, 2.45) is 23.7 Å². The van der Waals surface area contributed by atoms with Crippen molar-refractivity contribution in [3.05, 3.63) is 37.0 Å². The van der Waals surface area contributed by atoms with E-state index >= 15 is 0 Å². The molecule has 2 heteroatoms. The van der Waals surface area contributed by atoms with E-state index in [0.717, 1.165) is 30.6 Å². The maximum atomic E-state index is 10.0. The van der Waals surface area contributed by atoms with Gasteiger partial charge in [0, 0.05) is 0 Å². The van der Waals surface area contributed by atoms with E-state index in [9.17, 15) is 10.2 Å². The molecule has 1 saturated carbocycles. The molecule has 0 radical (unpaired) electrons. The minimum atomic E-state index is -1.08. The number of hydrogen-bond acceptors (Lipinski definition) is 2. The fourth-order valence-corrected chi connectivity index (χ4v) is 5.05. The second-order valence-corrected chi connectivity index (χ2v) is 10.0. The summed E-state index contributed by atoms with van der Waals surface area (Å²) in [4.78, 5) is 0. The summed E-state index contributed by atoms with van der Waals surface area (Å²) in [5.41, 5.74) is -1.08. The first-order valence-electron chi connectivity index (χ1n) is 12.9. The van der Waals surface area contributed by atoms with Gasteiger partial charge in [-0.1, -0.05) is 88.7 Å². The number of allylic oxidation sites excluding steroid dienone is 4. The summed E-state index contributed by atoms with van der Waals surface area (Å²) in [7, 11) is 0. The van der Waals surface area contributed by atoms with E-state index in [1.807, 2.05) is 0 Å². The summed E-state index contributed by atoms with van der Waals surface area (Å²) in [6.07, 6.45) is 30.3. The van der Waals surface area contributed by atoms with Crippen LogP contribution >= 0.6 is 0 Å².